The molecule has 1 atom stereocenters. The van der Waals surface area contributed by atoms with Crippen molar-refractivity contribution in [2.45, 2.75) is 6.92 Å². The Labute approximate surface area is 95.3 Å². The summed E-state index contributed by atoms with van der Waals surface area (Å²) in [5.41, 5.74) is 0.572. The fourth-order valence-electron chi connectivity index (χ4n) is 1.44. The molecule has 1 aromatic rings. The van der Waals surface area contributed by atoms with Crippen LogP contribution >= 0.6 is 27.5 Å². The van der Waals surface area contributed by atoms with Gasteiger partial charge in [0.15, 0.2) is 5.78 Å². The van der Waals surface area contributed by atoms with Crippen LogP contribution in [0.1, 0.15) is 17.3 Å². The van der Waals surface area contributed by atoms with Gasteiger partial charge in [-0.3, -0.25) is 4.79 Å². The first-order valence-corrected chi connectivity index (χ1v) is 5.42. The van der Waals surface area contributed by atoms with E-state index in [1.165, 1.54) is 0 Å². The molecule has 0 saturated heterocycles. The Balaban J connectivity index is 2.60. The van der Waals surface area contributed by atoms with Gasteiger partial charge in [-0.2, -0.15) is 0 Å². The summed E-state index contributed by atoms with van der Waals surface area (Å²) < 4.78 is 6.22. The van der Waals surface area contributed by atoms with Crippen molar-refractivity contribution < 1.29 is 9.53 Å². The summed E-state index contributed by atoms with van der Waals surface area (Å²) >= 11 is 9.25. The molecular formula is C10H8BrClO2. The number of halogens is 2. The number of Topliss-reactive ketones (excluding diaryl/α,β-unsaturated/α-hetero) is 1. The quantitative estimate of drug-likeness (QED) is 0.726. The van der Waals surface area contributed by atoms with Crippen LogP contribution in [0.25, 0.3) is 0 Å². The van der Waals surface area contributed by atoms with Crippen LogP contribution in [0, 0.1) is 5.92 Å². The fourth-order valence-corrected chi connectivity index (χ4v) is 2.30. The second-order valence-corrected chi connectivity index (χ2v) is 4.66. The zero-order valence-corrected chi connectivity index (χ0v) is 9.85. The second kappa shape index (κ2) is 3.55. The first kappa shape index (κ1) is 9.99. The summed E-state index contributed by atoms with van der Waals surface area (Å²) in [4.78, 5) is 11.8. The van der Waals surface area contributed by atoms with E-state index in [-0.39, 0.29) is 11.7 Å². The average Bonchev–Trinajstić information content (AvgIpc) is 2.12. The average molecular weight is 276 g/mol. The molecule has 74 valence electrons. The Kier molecular flexibility index (Phi) is 2.54. The van der Waals surface area contributed by atoms with Gasteiger partial charge in [0.25, 0.3) is 0 Å². The minimum absolute atomic E-state index is 0.0899. The highest BCUT2D eigenvalue weighted by atomic mass is 79.9. The summed E-state index contributed by atoms with van der Waals surface area (Å²) in [6.45, 7) is 2.26. The van der Waals surface area contributed by atoms with Crippen molar-refractivity contribution in [3.8, 4) is 5.75 Å². The highest BCUT2D eigenvalue weighted by molar-refractivity contribution is 9.10. The van der Waals surface area contributed by atoms with E-state index in [9.17, 15) is 4.79 Å². The van der Waals surface area contributed by atoms with Gasteiger partial charge in [-0.15, -0.1) is 0 Å². The minimum atomic E-state index is -0.0899. The number of hydrogen-bond acceptors (Lipinski definition) is 2. The van der Waals surface area contributed by atoms with Gasteiger partial charge < -0.3 is 4.74 Å². The Morgan fingerprint density at radius 2 is 2.29 bits per heavy atom. The number of fused-ring (bicyclic) bond motifs is 1. The monoisotopic (exact) mass is 274 g/mol. The first-order chi connectivity index (χ1) is 6.59. The maximum Gasteiger partial charge on any atom is 0.172 e. The number of ketones is 1. The first-order valence-electron chi connectivity index (χ1n) is 4.25. The molecule has 1 unspecified atom stereocenters. The molecule has 0 fully saturated rings. The number of hydrogen-bond donors (Lipinski definition) is 0. The lowest BCUT2D eigenvalue weighted by atomic mass is 9.97. The fraction of sp³-hybridized carbons (Fsp3) is 0.300. The maximum absolute atomic E-state index is 11.8. The van der Waals surface area contributed by atoms with Crippen LogP contribution in [0.4, 0.5) is 0 Å². The van der Waals surface area contributed by atoms with Crippen LogP contribution in [-0.2, 0) is 0 Å². The standard InChI is InChI=1S/C10H8BrClO2/c1-5-4-14-10-7(9(5)13)2-6(11)3-8(10)12/h2-3,5H,4H2,1H3. The number of benzene rings is 1. The van der Waals surface area contributed by atoms with Crippen molar-refractivity contribution in [3.05, 3.63) is 27.2 Å². The molecular weight excluding hydrogens is 267 g/mol. The summed E-state index contributed by atoms with van der Waals surface area (Å²) in [7, 11) is 0. The van der Waals surface area contributed by atoms with Gasteiger partial charge in [-0.1, -0.05) is 34.5 Å². The third kappa shape index (κ3) is 1.55. The van der Waals surface area contributed by atoms with Gasteiger partial charge in [0.1, 0.15) is 5.75 Å². The van der Waals surface area contributed by atoms with Crippen LogP contribution < -0.4 is 4.74 Å². The number of carbonyl (C=O) groups is 1. The number of rotatable bonds is 0. The van der Waals surface area contributed by atoms with Crippen molar-refractivity contribution in [1.29, 1.82) is 0 Å². The predicted molar refractivity (Wildman–Crippen MR) is 58.1 cm³/mol. The number of ether oxygens (including phenoxy) is 1. The van der Waals surface area contributed by atoms with Crippen molar-refractivity contribution in [3.63, 3.8) is 0 Å². The predicted octanol–water partition coefficient (Wildman–Crippen LogP) is 3.31. The van der Waals surface area contributed by atoms with E-state index in [4.69, 9.17) is 16.3 Å². The van der Waals surface area contributed by atoms with E-state index in [0.29, 0.717) is 22.9 Å². The smallest absolute Gasteiger partial charge is 0.172 e. The molecule has 0 spiro atoms. The van der Waals surface area contributed by atoms with Gasteiger partial charge in [0, 0.05) is 4.47 Å². The normalized spacial score (nSPS) is 20.2. The molecule has 2 rings (SSSR count). The van der Waals surface area contributed by atoms with Gasteiger partial charge in [0.05, 0.1) is 23.1 Å². The molecule has 0 saturated carbocycles. The maximum atomic E-state index is 11.8. The SMILES string of the molecule is CC1COc2c(Cl)cc(Br)cc2C1=O. The molecule has 0 N–H and O–H groups in total. The molecule has 1 aliphatic rings. The molecule has 1 aliphatic heterocycles. The lowest BCUT2D eigenvalue weighted by Gasteiger charge is -2.22. The lowest BCUT2D eigenvalue weighted by Crippen LogP contribution is -2.25. The Hall–Kier alpha value is -0.540. The molecule has 1 heterocycles. The zero-order chi connectivity index (χ0) is 10.3. The highest BCUT2D eigenvalue weighted by Gasteiger charge is 2.27. The van der Waals surface area contributed by atoms with E-state index in [1.807, 2.05) is 6.92 Å². The highest BCUT2D eigenvalue weighted by Crippen LogP contribution is 2.36. The van der Waals surface area contributed by atoms with Gasteiger partial charge in [-0.25, -0.2) is 0 Å². The van der Waals surface area contributed by atoms with Crippen molar-refractivity contribution >= 4 is 33.3 Å². The molecule has 0 aromatic heterocycles. The third-order valence-electron chi connectivity index (χ3n) is 2.20. The van der Waals surface area contributed by atoms with E-state index in [0.717, 1.165) is 4.47 Å². The van der Waals surface area contributed by atoms with Crippen molar-refractivity contribution in [2.75, 3.05) is 6.61 Å². The Morgan fingerprint density at radius 1 is 1.57 bits per heavy atom. The molecule has 14 heavy (non-hydrogen) atoms. The zero-order valence-electron chi connectivity index (χ0n) is 7.51. The van der Waals surface area contributed by atoms with E-state index in [1.54, 1.807) is 12.1 Å². The Bertz CT molecular complexity index is 403. The lowest BCUT2D eigenvalue weighted by molar-refractivity contribution is 0.0849. The van der Waals surface area contributed by atoms with Crippen molar-refractivity contribution in [1.82, 2.24) is 0 Å². The largest absolute Gasteiger partial charge is 0.491 e. The molecule has 2 nitrogen and oxygen atoms in total. The van der Waals surface area contributed by atoms with Gasteiger partial charge in [-0.05, 0) is 12.1 Å². The summed E-state index contributed by atoms with van der Waals surface area (Å²) in [5.74, 6) is 0.514. The third-order valence-corrected chi connectivity index (χ3v) is 2.94. The van der Waals surface area contributed by atoms with Gasteiger partial charge >= 0.3 is 0 Å². The summed E-state index contributed by atoms with van der Waals surface area (Å²) in [5, 5.41) is 0.481. The van der Waals surface area contributed by atoms with Crippen molar-refractivity contribution in [2.24, 2.45) is 5.92 Å². The van der Waals surface area contributed by atoms with E-state index >= 15 is 0 Å². The van der Waals surface area contributed by atoms with E-state index in [2.05, 4.69) is 15.9 Å². The van der Waals surface area contributed by atoms with Crippen LogP contribution in [-0.4, -0.2) is 12.4 Å². The number of carbonyl (C=O) groups excluding carboxylic acids is 1. The van der Waals surface area contributed by atoms with Crippen LogP contribution in [0.15, 0.2) is 16.6 Å². The molecule has 1 aromatic carbocycles. The molecule has 0 radical (unpaired) electrons. The van der Waals surface area contributed by atoms with Crippen LogP contribution in [0.2, 0.25) is 5.02 Å². The second-order valence-electron chi connectivity index (χ2n) is 3.34. The van der Waals surface area contributed by atoms with E-state index < -0.39 is 0 Å². The Morgan fingerprint density at radius 3 is 3.00 bits per heavy atom. The molecule has 0 amide bonds. The topological polar surface area (TPSA) is 26.3 Å². The minimum Gasteiger partial charge on any atom is -0.491 e. The van der Waals surface area contributed by atoms with Crippen LogP contribution in [0.3, 0.4) is 0 Å². The van der Waals surface area contributed by atoms with Crippen LogP contribution in [0.5, 0.6) is 5.75 Å². The molecule has 0 aliphatic carbocycles. The van der Waals surface area contributed by atoms with Gasteiger partial charge in [0.2, 0.25) is 0 Å². The molecule has 0 bridgehead atoms. The summed E-state index contributed by atoms with van der Waals surface area (Å²) in [6.07, 6.45) is 0. The summed E-state index contributed by atoms with van der Waals surface area (Å²) in [6, 6.07) is 3.48. The molecule has 4 heteroatoms.